The molecule has 2 nitrogen and oxygen atoms in total. The van der Waals surface area contributed by atoms with Gasteiger partial charge in [-0.2, -0.15) is 0 Å². The lowest BCUT2D eigenvalue weighted by molar-refractivity contribution is -0.120. The number of ketones is 1. The van der Waals surface area contributed by atoms with Crippen LogP contribution in [0.4, 0.5) is 0 Å². The van der Waals surface area contributed by atoms with E-state index in [1.165, 1.54) is 0 Å². The molecule has 0 N–H and O–H groups in total. The summed E-state index contributed by atoms with van der Waals surface area (Å²) in [5.74, 6) is 1.18. The van der Waals surface area contributed by atoms with Crippen molar-refractivity contribution < 1.29 is 9.53 Å². The molecule has 0 bridgehead atoms. The van der Waals surface area contributed by atoms with E-state index in [-0.39, 0.29) is 11.7 Å². The lowest BCUT2D eigenvalue weighted by Gasteiger charge is -2.13. The van der Waals surface area contributed by atoms with Crippen molar-refractivity contribution in [3.63, 3.8) is 0 Å². The number of hydrogen-bond donors (Lipinski definition) is 0. The third-order valence-corrected chi connectivity index (χ3v) is 3.56. The lowest BCUT2D eigenvalue weighted by Crippen LogP contribution is -2.13. The molecule has 0 saturated heterocycles. The molecule has 0 amide bonds. The van der Waals surface area contributed by atoms with Crippen molar-refractivity contribution in [1.29, 1.82) is 0 Å². The van der Waals surface area contributed by atoms with E-state index in [0.29, 0.717) is 0 Å². The number of halogens is 1. The number of carbonyl (C=O) groups is 1. The molecule has 0 aliphatic carbocycles. The van der Waals surface area contributed by atoms with Crippen LogP contribution in [-0.2, 0) is 11.2 Å². The second-order valence-corrected chi connectivity index (χ2v) is 4.73. The van der Waals surface area contributed by atoms with Crippen LogP contribution in [0.3, 0.4) is 0 Å². The van der Waals surface area contributed by atoms with Crippen molar-refractivity contribution >= 4 is 21.7 Å². The van der Waals surface area contributed by atoms with Gasteiger partial charge in [-0.1, -0.05) is 22.9 Å². The molecule has 88 valence electrons. The molecule has 0 saturated carbocycles. The van der Waals surface area contributed by atoms with Crippen molar-refractivity contribution in [3.05, 3.63) is 28.2 Å². The van der Waals surface area contributed by atoms with E-state index >= 15 is 0 Å². The predicted octanol–water partition coefficient (Wildman–Crippen LogP) is 3.62. The minimum Gasteiger partial charge on any atom is -0.497 e. The Balaban J connectivity index is 2.90. The maximum atomic E-state index is 11.4. The normalized spacial score (nSPS) is 12.2. The second kappa shape index (κ2) is 6.04. The number of Topliss-reactive ketones (excluding diaryl/α,β-unsaturated/α-hetero) is 1. The highest BCUT2D eigenvalue weighted by Crippen LogP contribution is 2.25. The first kappa shape index (κ1) is 13.2. The fraction of sp³-hybridized carbons (Fsp3) is 0.462. The van der Waals surface area contributed by atoms with Gasteiger partial charge in [-0.3, -0.25) is 4.79 Å². The number of hydrogen-bond acceptors (Lipinski definition) is 2. The molecule has 0 aromatic heterocycles. The van der Waals surface area contributed by atoms with Gasteiger partial charge in [0.2, 0.25) is 0 Å². The smallest absolute Gasteiger partial charge is 0.133 e. The Morgan fingerprint density at radius 1 is 1.50 bits per heavy atom. The van der Waals surface area contributed by atoms with Crippen LogP contribution in [0.25, 0.3) is 0 Å². The molecular formula is C13H17BrO2. The average molecular weight is 285 g/mol. The largest absolute Gasteiger partial charge is 0.497 e. The lowest BCUT2D eigenvalue weighted by atomic mass is 9.93. The molecule has 1 aromatic carbocycles. The molecule has 1 atom stereocenters. The number of benzene rings is 1. The number of carbonyl (C=O) groups excluding carboxylic acids is 1. The molecule has 1 rings (SSSR count). The highest BCUT2D eigenvalue weighted by Gasteiger charge is 2.14. The SMILES string of the molecule is CCC(Cc1cc(OC)ccc1Br)C(C)=O. The Morgan fingerprint density at radius 2 is 2.19 bits per heavy atom. The fourth-order valence-corrected chi connectivity index (χ4v) is 2.08. The van der Waals surface area contributed by atoms with Crippen molar-refractivity contribution in [3.8, 4) is 5.75 Å². The zero-order chi connectivity index (χ0) is 12.1. The van der Waals surface area contributed by atoms with Crippen LogP contribution in [-0.4, -0.2) is 12.9 Å². The zero-order valence-corrected chi connectivity index (χ0v) is 11.5. The minimum absolute atomic E-state index is 0.100. The van der Waals surface area contributed by atoms with Crippen LogP contribution >= 0.6 is 15.9 Å². The van der Waals surface area contributed by atoms with E-state index in [1.54, 1.807) is 14.0 Å². The molecule has 0 heterocycles. The van der Waals surface area contributed by atoms with Gasteiger partial charge in [-0.25, -0.2) is 0 Å². The van der Waals surface area contributed by atoms with Gasteiger partial charge >= 0.3 is 0 Å². The van der Waals surface area contributed by atoms with Gasteiger partial charge in [0.05, 0.1) is 7.11 Å². The highest BCUT2D eigenvalue weighted by molar-refractivity contribution is 9.10. The standard InChI is InChI=1S/C13H17BrO2/c1-4-10(9(2)15)7-11-8-12(16-3)5-6-13(11)14/h5-6,8,10H,4,7H2,1-3H3. The summed E-state index contributed by atoms with van der Waals surface area (Å²) in [5, 5.41) is 0. The van der Waals surface area contributed by atoms with E-state index in [0.717, 1.165) is 28.6 Å². The van der Waals surface area contributed by atoms with Crippen LogP contribution in [0, 0.1) is 5.92 Å². The molecule has 0 spiro atoms. The summed E-state index contributed by atoms with van der Waals surface area (Å²) in [5.41, 5.74) is 1.13. The van der Waals surface area contributed by atoms with Crippen molar-refractivity contribution in [2.75, 3.05) is 7.11 Å². The molecule has 0 radical (unpaired) electrons. The predicted molar refractivity (Wildman–Crippen MR) is 68.9 cm³/mol. The molecule has 0 aliphatic rings. The average Bonchev–Trinajstić information content (AvgIpc) is 2.27. The van der Waals surface area contributed by atoms with E-state index in [4.69, 9.17) is 4.74 Å². The summed E-state index contributed by atoms with van der Waals surface area (Å²) < 4.78 is 6.21. The van der Waals surface area contributed by atoms with Gasteiger partial charge < -0.3 is 4.74 Å². The van der Waals surface area contributed by atoms with E-state index in [1.807, 2.05) is 25.1 Å². The van der Waals surface area contributed by atoms with E-state index in [2.05, 4.69) is 15.9 Å². The van der Waals surface area contributed by atoms with Crippen LogP contribution in [0.1, 0.15) is 25.8 Å². The first-order valence-electron chi connectivity index (χ1n) is 5.41. The van der Waals surface area contributed by atoms with Crippen LogP contribution in [0.15, 0.2) is 22.7 Å². The van der Waals surface area contributed by atoms with E-state index < -0.39 is 0 Å². The van der Waals surface area contributed by atoms with Gasteiger partial charge in [-0.15, -0.1) is 0 Å². The van der Waals surface area contributed by atoms with Crippen LogP contribution < -0.4 is 4.74 Å². The molecule has 16 heavy (non-hydrogen) atoms. The summed E-state index contributed by atoms with van der Waals surface area (Å²) in [6.45, 7) is 3.70. The number of rotatable bonds is 5. The first-order valence-corrected chi connectivity index (χ1v) is 6.20. The van der Waals surface area contributed by atoms with Gasteiger partial charge in [0, 0.05) is 10.4 Å². The first-order chi connectivity index (χ1) is 7.58. The van der Waals surface area contributed by atoms with Crippen molar-refractivity contribution in [2.45, 2.75) is 26.7 Å². The third kappa shape index (κ3) is 3.34. The summed E-state index contributed by atoms with van der Waals surface area (Å²) in [4.78, 5) is 11.4. The second-order valence-electron chi connectivity index (χ2n) is 3.88. The monoisotopic (exact) mass is 284 g/mol. The van der Waals surface area contributed by atoms with Gasteiger partial charge in [-0.05, 0) is 43.5 Å². The Labute approximate surface area is 105 Å². The number of ether oxygens (including phenoxy) is 1. The highest BCUT2D eigenvalue weighted by atomic mass is 79.9. The Bertz CT molecular complexity index is 374. The molecule has 0 aliphatic heterocycles. The molecule has 0 fully saturated rings. The third-order valence-electron chi connectivity index (χ3n) is 2.79. The quantitative estimate of drug-likeness (QED) is 0.826. The summed E-state index contributed by atoms with van der Waals surface area (Å²) in [7, 11) is 1.65. The van der Waals surface area contributed by atoms with Crippen LogP contribution in [0.5, 0.6) is 5.75 Å². The number of methoxy groups -OCH3 is 1. The molecular weight excluding hydrogens is 268 g/mol. The Kier molecular flexibility index (Phi) is 5.00. The van der Waals surface area contributed by atoms with Gasteiger partial charge in [0.25, 0.3) is 0 Å². The van der Waals surface area contributed by atoms with Crippen molar-refractivity contribution in [2.24, 2.45) is 5.92 Å². The summed E-state index contributed by atoms with van der Waals surface area (Å²) in [6, 6.07) is 5.85. The van der Waals surface area contributed by atoms with Gasteiger partial charge in [0.1, 0.15) is 11.5 Å². The van der Waals surface area contributed by atoms with Gasteiger partial charge in [0.15, 0.2) is 0 Å². The Morgan fingerprint density at radius 3 is 2.69 bits per heavy atom. The summed E-state index contributed by atoms with van der Waals surface area (Å²) in [6.07, 6.45) is 1.64. The maximum absolute atomic E-state index is 11.4. The van der Waals surface area contributed by atoms with Crippen molar-refractivity contribution in [1.82, 2.24) is 0 Å². The minimum atomic E-state index is 0.100. The molecule has 1 aromatic rings. The Hall–Kier alpha value is -0.830. The molecule has 1 unspecified atom stereocenters. The fourth-order valence-electron chi connectivity index (χ4n) is 1.68. The van der Waals surface area contributed by atoms with Crippen LogP contribution in [0.2, 0.25) is 0 Å². The maximum Gasteiger partial charge on any atom is 0.133 e. The van der Waals surface area contributed by atoms with E-state index in [9.17, 15) is 4.79 Å². The zero-order valence-electron chi connectivity index (χ0n) is 9.92. The summed E-state index contributed by atoms with van der Waals surface area (Å²) >= 11 is 3.50. The molecule has 3 heteroatoms. The topological polar surface area (TPSA) is 26.3 Å².